The molecule has 0 fully saturated rings. The molecule has 13 aromatic rings. The van der Waals surface area contributed by atoms with E-state index in [4.69, 9.17) is 15.0 Å². The van der Waals surface area contributed by atoms with E-state index < -0.39 is 0 Å². The molecule has 6 heteroatoms. The van der Waals surface area contributed by atoms with E-state index in [2.05, 4.69) is 240 Å². The third-order valence-electron chi connectivity index (χ3n) is 13.9. The molecular weight excluding hydrogens is 859 g/mol. The van der Waals surface area contributed by atoms with Crippen LogP contribution in [0.1, 0.15) is 18.2 Å². The van der Waals surface area contributed by atoms with E-state index in [9.17, 15) is 0 Å². The van der Waals surface area contributed by atoms with Crippen LogP contribution >= 0.6 is 11.3 Å². The van der Waals surface area contributed by atoms with Gasteiger partial charge in [-0.1, -0.05) is 158 Å². The van der Waals surface area contributed by atoms with Crippen LogP contribution in [0.3, 0.4) is 0 Å². The first-order valence-corrected chi connectivity index (χ1v) is 24.4. The molecule has 0 aliphatic heterocycles. The largest absolute Gasteiger partial charge is 0.309 e. The zero-order valence-electron chi connectivity index (χ0n) is 37.4. The molecule has 0 spiro atoms. The van der Waals surface area contributed by atoms with Crippen LogP contribution in [0.5, 0.6) is 0 Å². The van der Waals surface area contributed by atoms with Crippen molar-refractivity contribution in [1.82, 2.24) is 24.1 Å². The van der Waals surface area contributed by atoms with Crippen molar-refractivity contribution in [3.8, 4) is 56.4 Å². The van der Waals surface area contributed by atoms with E-state index in [0.717, 1.165) is 56.9 Å². The summed E-state index contributed by atoms with van der Waals surface area (Å²) in [4.78, 5) is 16.2. The van der Waals surface area contributed by atoms with Crippen molar-refractivity contribution in [3.63, 3.8) is 0 Å². The molecule has 69 heavy (non-hydrogen) atoms. The molecule has 0 saturated heterocycles. The molecule has 0 amide bonds. The number of nitrogens with zero attached hydrogens (tertiary/aromatic N) is 5. The van der Waals surface area contributed by atoms with Crippen molar-refractivity contribution < 1.29 is 0 Å². The predicted molar refractivity (Wildman–Crippen MR) is 289 cm³/mol. The van der Waals surface area contributed by atoms with E-state index in [-0.39, 0.29) is 5.92 Å². The van der Waals surface area contributed by atoms with Gasteiger partial charge in [-0.05, 0) is 101 Å². The summed E-state index contributed by atoms with van der Waals surface area (Å²) in [5.74, 6) is 2.08. The molecule has 14 rings (SSSR count). The summed E-state index contributed by atoms with van der Waals surface area (Å²) >= 11 is 1.82. The van der Waals surface area contributed by atoms with Gasteiger partial charge in [0.05, 0.1) is 27.8 Å². The highest BCUT2D eigenvalue weighted by Gasteiger charge is 2.25. The Morgan fingerprint density at radius 2 is 1.01 bits per heavy atom. The molecule has 1 atom stereocenters. The average Bonchev–Trinajstić information content (AvgIpc) is 4.09. The summed E-state index contributed by atoms with van der Waals surface area (Å²) in [6, 6.07) is 74.6. The maximum absolute atomic E-state index is 5.45. The Kier molecular flexibility index (Phi) is 9.14. The molecule has 1 aliphatic carbocycles. The van der Waals surface area contributed by atoms with Gasteiger partial charge in [0.25, 0.3) is 0 Å². The van der Waals surface area contributed by atoms with Crippen LogP contribution in [0.15, 0.2) is 231 Å². The summed E-state index contributed by atoms with van der Waals surface area (Å²) in [7, 11) is 0. The fourth-order valence-electron chi connectivity index (χ4n) is 10.8. The number of para-hydroxylation sites is 3. The lowest BCUT2D eigenvalue weighted by Crippen LogP contribution is -2.09. The number of aromatic nitrogens is 5. The third kappa shape index (κ3) is 6.41. The van der Waals surface area contributed by atoms with Crippen molar-refractivity contribution in [2.45, 2.75) is 12.3 Å². The maximum atomic E-state index is 5.45. The Hall–Kier alpha value is -8.71. The van der Waals surface area contributed by atoms with Crippen LogP contribution in [0, 0.1) is 0 Å². The second kappa shape index (κ2) is 16.0. The first-order valence-electron chi connectivity index (χ1n) is 23.5. The number of allylic oxidation sites excluding steroid dienone is 4. The smallest absolute Gasteiger partial charge is 0.165 e. The predicted octanol–water partition coefficient (Wildman–Crippen LogP) is 16.7. The Morgan fingerprint density at radius 1 is 0.406 bits per heavy atom. The topological polar surface area (TPSA) is 48.5 Å². The van der Waals surface area contributed by atoms with Gasteiger partial charge in [-0.25, -0.2) is 15.0 Å². The molecular formula is C63H41N5S. The monoisotopic (exact) mass is 899 g/mol. The summed E-state index contributed by atoms with van der Waals surface area (Å²) < 4.78 is 7.36. The van der Waals surface area contributed by atoms with Crippen molar-refractivity contribution in [2.75, 3.05) is 0 Å². The highest BCUT2D eigenvalue weighted by molar-refractivity contribution is 7.25. The lowest BCUT2D eigenvalue weighted by Gasteiger charge is -2.18. The Morgan fingerprint density at radius 3 is 1.75 bits per heavy atom. The SMILES string of the molecule is C1=CCC(c2nc(-c3ccc4sc5ccccc5c4c3)nc(-c3ccc(-c4ccccc4)cc3-n3c4ccccc4c4c(-c5cccc6c5c5ccccc5n6-c5ccccc5)cccc43)n2)C=C1. The molecule has 0 N–H and O–H groups in total. The summed E-state index contributed by atoms with van der Waals surface area (Å²) in [6.45, 7) is 0. The molecule has 0 bridgehead atoms. The van der Waals surface area contributed by atoms with Crippen molar-refractivity contribution in [3.05, 3.63) is 236 Å². The van der Waals surface area contributed by atoms with E-state index in [1.54, 1.807) is 0 Å². The number of thiophene rings is 1. The van der Waals surface area contributed by atoms with Crippen molar-refractivity contribution in [1.29, 1.82) is 0 Å². The molecule has 0 saturated carbocycles. The minimum Gasteiger partial charge on any atom is -0.309 e. The van der Waals surface area contributed by atoms with Gasteiger partial charge in [-0.2, -0.15) is 0 Å². The van der Waals surface area contributed by atoms with Gasteiger partial charge in [-0.15, -0.1) is 11.3 Å². The number of rotatable bonds is 7. The number of hydrogen-bond donors (Lipinski definition) is 0. The minimum atomic E-state index is 0.0135. The van der Waals surface area contributed by atoms with Crippen LogP contribution in [-0.2, 0) is 0 Å². The van der Waals surface area contributed by atoms with Crippen LogP contribution in [0.25, 0.3) is 120 Å². The Labute approximate surface area is 402 Å². The van der Waals surface area contributed by atoms with Gasteiger partial charge < -0.3 is 9.13 Å². The second-order valence-electron chi connectivity index (χ2n) is 17.8. The van der Waals surface area contributed by atoms with Crippen LogP contribution in [-0.4, -0.2) is 24.1 Å². The standard InChI is InChI=1S/C63H41N5S/c1-4-18-40(19-5-1)42-34-36-50(63-65-61(41-20-6-2-7-21-41)64-62(66-63)43-35-37-58-51(38-43)45-24-12-15-33-57(45)69-58)56(39-42)68-53-30-14-11-26-49(53)60-47(28-17-32-55(60)68)46-27-16-31-54-59(46)48-25-10-13-29-52(48)67(54)44-22-8-3-9-23-44/h1-20,22-39,41H,21H2. The van der Waals surface area contributed by atoms with Crippen molar-refractivity contribution in [2.24, 2.45) is 0 Å². The van der Waals surface area contributed by atoms with Gasteiger partial charge in [0.2, 0.25) is 0 Å². The molecule has 4 aromatic heterocycles. The van der Waals surface area contributed by atoms with Crippen LogP contribution < -0.4 is 0 Å². The van der Waals surface area contributed by atoms with Gasteiger partial charge in [0.1, 0.15) is 5.82 Å². The third-order valence-corrected chi connectivity index (χ3v) is 15.0. The quantitative estimate of drug-likeness (QED) is 0.160. The molecule has 5 nitrogen and oxygen atoms in total. The molecule has 9 aromatic carbocycles. The lowest BCUT2D eigenvalue weighted by molar-refractivity contribution is 0.764. The van der Waals surface area contributed by atoms with E-state index in [1.165, 1.54) is 63.9 Å². The fourth-order valence-corrected chi connectivity index (χ4v) is 11.8. The molecule has 0 radical (unpaired) electrons. The first kappa shape index (κ1) is 39.5. The van der Waals surface area contributed by atoms with Crippen LogP contribution in [0.4, 0.5) is 0 Å². The molecule has 1 aliphatic rings. The van der Waals surface area contributed by atoms with Crippen LogP contribution in [0.2, 0.25) is 0 Å². The van der Waals surface area contributed by atoms with Gasteiger partial charge in [0, 0.05) is 64.4 Å². The maximum Gasteiger partial charge on any atom is 0.165 e. The Balaban J connectivity index is 1.03. The molecule has 4 heterocycles. The lowest BCUT2D eigenvalue weighted by atomic mass is 9.95. The number of fused-ring (bicyclic) bond motifs is 9. The minimum absolute atomic E-state index is 0.0135. The highest BCUT2D eigenvalue weighted by atomic mass is 32.1. The number of hydrogen-bond acceptors (Lipinski definition) is 4. The van der Waals surface area contributed by atoms with Crippen molar-refractivity contribution >= 4 is 75.1 Å². The molecule has 324 valence electrons. The summed E-state index contributed by atoms with van der Waals surface area (Å²) in [6.07, 6.45) is 9.45. The number of benzene rings is 9. The van der Waals surface area contributed by atoms with E-state index in [1.807, 2.05) is 11.3 Å². The zero-order chi connectivity index (χ0) is 45.4. The zero-order valence-corrected chi connectivity index (χ0v) is 38.2. The second-order valence-corrected chi connectivity index (χ2v) is 18.9. The van der Waals surface area contributed by atoms with Gasteiger partial charge >= 0.3 is 0 Å². The highest BCUT2D eigenvalue weighted by Crippen LogP contribution is 2.46. The average molecular weight is 900 g/mol. The fraction of sp³-hybridized carbons (Fsp3) is 0.0317. The summed E-state index contributed by atoms with van der Waals surface area (Å²) in [5.41, 5.74) is 13.2. The van der Waals surface area contributed by atoms with E-state index >= 15 is 0 Å². The van der Waals surface area contributed by atoms with E-state index in [0.29, 0.717) is 11.6 Å². The Bertz CT molecular complexity index is 4230. The molecule has 1 unspecified atom stereocenters. The summed E-state index contributed by atoms with van der Waals surface area (Å²) in [5, 5.41) is 7.29. The normalized spacial score (nSPS) is 13.8. The van der Waals surface area contributed by atoms with Gasteiger partial charge in [0.15, 0.2) is 11.6 Å². The first-order chi connectivity index (χ1) is 34.2. The van der Waals surface area contributed by atoms with Gasteiger partial charge in [-0.3, -0.25) is 0 Å².